The van der Waals surface area contributed by atoms with Crippen molar-refractivity contribution >= 4 is 12.0 Å². The van der Waals surface area contributed by atoms with Crippen LogP contribution in [0, 0.1) is 5.41 Å². The molecule has 1 rings (SSSR count). The highest BCUT2D eigenvalue weighted by molar-refractivity contribution is 5.74. The molecular weight excluding hydrogens is 236 g/mol. The summed E-state index contributed by atoms with van der Waals surface area (Å²) in [4.78, 5) is 21.8. The zero-order chi connectivity index (χ0) is 13.6. The highest BCUT2D eigenvalue weighted by Gasteiger charge is 2.35. The molecule has 1 aliphatic rings. The predicted octanol–water partition coefficient (Wildman–Crippen LogP) is 0.965. The van der Waals surface area contributed by atoms with E-state index >= 15 is 0 Å². The maximum absolute atomic E-state index is 11.6. The van der Waals surface area contributed by atoms with Crippen molar-refractivity contribution in [2.24, 2.45) is 5.41 Å². The third-order valence-electron chi connectivity index (χ3n) is 3.32. The van der Waals surface area contributed by atoms with E-state index in [0.717, 1.165) is 19.3 Å². The van der Waals surface area contributed by atoms with Gasteiger partial charge in [-0.15, -0.1) is 0 Å². The van der Waals surface area contributed by atoms with Crippen molar-refractivity contribution in [1.82, 2.24) is 10.6 Å². The number of hydrogen-bond donors (Lipinski definition) is 3. The molecule has 1 aliphatic carbocycles. The molecule has 3 N–H and O–H groups in total. The Labute approximate surface area is 107 Å². The fourth-order valence-corrected chi connectivity index (χ4v) is 2.20. The number of rotatable bonds is 6. The molecule has 1 unspecified atom stereocenters. The van der Waals surface area contributed by atoms with Crippen LogP contribution in [0.4, 0.5) is 4.79 Å². The molecule has 0 radical (unpaired) electrons. The zero-order valence-electron chi connectivity index (χ0n) is 11.0. The number of carbonyl (C=O) groups is 2. The van der Waals surface area contributed by atoms with Gasteiger partial charge in [0, 0.05) is 12.6 Å². The quantitative estimate of drug-likeness (QED) is 0.619. The number of carboxylic acid groups (broad SMARTS) is 1. The lowest BCUT2D eigenvalue weighted by atomic mass is 9.87. The van der Waals surface area contributed by atoms with Gasteiger partial charge in [0.2, 0.25) is 0 Å². The Bertz CT molecular complexity index is 304. The van der Waals surface area contributed by atoms with E-state index < -0.39 is 5.97 Å². The molecule has 0 aromatic carbocycles. The highest BCUT2D eigenvalue weighted by atomic mass is 16.5. The summed E-state index contributed by atoms with van der Waals surface area (Å²) < 4.78 is 4.81. The van der Waals surface area contributed by atoms with Crippen LogP contribution in [0.1, 0.15) is 33.1 Å². The third kappa shape index (κ3) is 4.91. The number of ether oxygens (including phenoxy) is 1. The second-order valence-electron chi connectivity index (χ2n) is 5.28. The number of amides is 2. The standard InChI is InChI=1S/C12H22N2O4/c1-12(2)5-3-4-9(12)14-11(17)13-6-7-18-8-10(15)16/h9H,3-8H2,1-2H3,(H,15,16)(H2,13,14,17). The Morgan fingerprint density at radius 2 is 2.17 bits per heavy atom. The molecule has 0 spiro atoms. The van der Waals surface area contributed by atoms with Gasteiger partial charge in [0.25, 0.3) is 0 Å². The minimum atomic E-state index is -1.01. The van der Waals surface area contributed by atoms with Crippen LogP contribution in [0.5, 0.6) is 0 Å². The molecule has 6 heteroatoms. The lowest BCUT2D eigenvalue weighted by molar-refractivity contribution is -0.142. The van der Waals surface area contributed by atoms with Crippen molar-refractivity contribution in [1.29, 1.82) is 0 Å². The molecule has 0 bridgehead atoms. The number of carbonyl (C=O) groups excluding carboxylic acids is 1. The van der Waals surface area contributed by atoms with Gasteiger partial charge in [-0.1, -0.05) is 20.3 Å². The maximum atomic E-state index is 11.6. The largest absolute Gasteiger partial charge is 0.480 e. The van der Waals surface area contributed by atoms with E-state index in [1.54, 1.807) is 0 Å². The molecule has 18 heavy (non-hydrogen) atoms. The second-order valence-corrected chi connectivity index (χ2v) is 5.28. The minimum absolute atomic E-state index is 0.150. The molecule has 0 aliphatic heterocycles. The van der Waals surface area contributed by atoms with Gasteiger partial charge >= 0.3 is 12.0 Å². The van der Waals surface area contributed by atoms with Crippen LogP contribution in [0.25, 0.3) is 0 Å². The van der Waals surface area contributed by atoms with E-state index in [1.807, 2.05) is 0 Å². The SMILES string of the molecule is CC1(C)CCCC1NC(=O)NCCOCC(=O)O. The summed E-state index contributed by atoms with van der Waals surface area (Å²) in [6.07, 6.45) is 3.27. The van der Waals surface area contributed by atoms with Gasteiger partial charge in [0.15, 0.2) is 0 Å². The summed E-state index contributed by atoms with van der Waals surface area (Å²) in [5.74, 6) is -1.01. The lowest BCUT2D eigenvalue weighted by Crippen LogP contribution is -2.47. The Balaban J connectivity index is 2.12. The van der Waals surface area contributed by atoms with Crippen LogP contribution in [-0.4, -0.2) is 42.9 Å². The first-order valence-corrected chi connectivity index (χ1v) is 6.26. The van der Waals surface area contributed by atoms with Crippen molar-refractivity contribution in [3.05, 3.63) is 0 Å². The normalized spacial score (nSPS) is 21.6. The number of hydrogen-bond acceptors (Lipinski definition) is 3. The Morgan fingerprint density at radius 3 is 2.72 bits per heavy atom. The highest BCUT2D eigenvalue weighted by Crippen LogP contribution is 2.36. The van der Waals surface area contributed by atoms with Crippen molar-refractivity contribution < 1.29 is 19.4 Å². The Kier molecular flexibility index (Phi) is 5.40. The van der Waals surface area contributed by atoms with Crippen LogP contribution in [-0.2, 0) is 9.53 Å². The third-order valence-corrected chi connectivity index (χ3v) is 3.32. The van der Waals surface area contributed by atoms with E-state index in [0.29, 0.717) is 6.54 Å². The van der Waals surface area contributed by atoms with E-state index in [4.69, 9.17) is 9.84 Å². The lowest BCUT2D eigenvalue weighted by Gasteiger charge is -2.27. The summed E-state index contributed by atoms with van der Waals surface area (Å²) in [5.41, 5.74) is 0.150. The summed E-state index contributed by atoms with van der Waals surface area (Å²) >= 11 is 0. The number of carboxylic acids is 1. The molecule has 0 heterocycles. The summed E-state index contributed by atoms with van der Waals surface area (Å²) in [6.45, 7) is 4.49. The van der Waals surface area contributed by atoms with Gasteiger partial charge in [-0.2, -0.15) is 0 Å². The molecule has 6 nitrogen and oxygen atoms in total. The average molecular weight is 258 g/mol. The predicted molar refractivity (Wildman–Crippen MR) is 66.4 cm³/mol. The first kappa shape index (κ1) is 14.8. The van der Waals surface area contributed by atoms with Gasteiger partial charge in [0.1, 0.15) is 6.61 Å². The van der Waals surface area contributed by atoms with E-state index in [2.05, 4.69) is 24.5 Å². The van der Waals surface area contributed by atoms with Crippen molar-refractivity contribution in [2.75, 3.05) is 19.8 Å². The Morgan fingerprint density at radius 1 is 1.44 bits per heavy atom. The van der Waals surface area contributed by atoms with Gasteiger partial charge < -0.3 is 20.5 Å². The second kappa shape index (κ2) is 6.58. The number of aliphatic carboxylic acids is 1. The average Bonchev–Trinajstić information content (AvgIpc) is 2.57. The van der Waals surface area contributed by atoms with Crippen LogP contribution in [0.15, 0.2) is 0 Å². The molecule has 0 aromatic rings. The summed E-state index contributed by atoms with van der Waals surface area (Å²) in [7, 11) is 0. The van der Waals surface area contributed by atoms with Crippen molar-refractivity contribution in [2.45, 2.75) is 39.2 Å². The van der Waals surface area contributed by atoms with Crippen molar-refractivity contribution in [3.8, 4) is 0 Å². The van der Waals surface area contributed by atoms with Gasteiger partial charge in [-0.25, -0.2) is 9.59 Å². The van der Waals surface area contributed by atoms with Gasteiger partial charge in [-0.05, 0) is 18.3 Å². The molecule has 0 aromatic heterocycles. The van der Waals surface area contributed by atoms with Gasteiger partial charge in [0.05, 0.1) is 6.61 Å². The molecule has 104 valence electrons. The molecule has 1 atom stereocenters. The van der Waals surface area contributed by atoms with Crippen LogP contribution < -0.4 is 10.6 Å². The zero-order valence-corrected chi connectivity index (χ0v) is 11.0. The number of nitrogens with one attached hydrogen (secondary N) is 2. The number of urea groups is 1. The van der Waals surface area contributed by atoms with Gasteiger partial charge in [-0.3, -0.25) is 0 Å². The van der Waals surface area contributed by atoms with Crippen LogP contribution in [0.3, 0.4) is 0 Å². The van der Waals surface area contributed by atoms with E-state index in [1.165, 1.54) is 0 Å². The first-order valence-electron chi connectivity index (χ1n) is 6.26. The minimum Gasteiger partial charge on any atom is -0.480 e. The fourth-order valence-electron chi connectivity index (χ4n) is 2.20. The smallest absolute Gasteiger partial charge is 0.329 e. The van der Waals surface area contributed by atoms with Crippen molar-refractivity contribution in [3.63, 3.8) is 0 Å². The fraction of sp³-hybridized carbons (Fsp3) is 0.833. The molecule has 1 saturated carbocycles. The van der Waals surface area contributed by atoms with E-state index in [-0.39, 0.29) is 30.7 Å². The monoisotopic (exact) mass is 258 g/mol. The summed E-state index contributed by atoms with van der Waals surface area (Å²) in [5, 5.41) is 13.9. The van der Waals surface area contributed by atoms with E-state index in [9.17, 15) is 9.59 Å². The molecule has 0 saturated heterocycles. The molecule has 2 amide bonds. The summed E-state index contributed by atoms with van der Waals surface area (Å²) in [6, 6.07) is -0.00802. The topological polar surface area (TPSA) is 87.7 Å². The maximum Gasteiger partial charge on any atom is 0.329 e. The Hall–Kier alpha value is -1.30. The molecular formula is C12H22N2O4. The van der Waals surface area contributed by atoms with Crippen LogP contribution in [0.2, 0.25) is 0 Å². The first-order chi connectivity index (χ1) is 8.42. The molecule has 1 fully saturated rings. The van der Waals surface area contributed by atoms with Crippen LogP contribution >= 0.6 is 0 Å².